The summed E-state index contributed by atoms with van der Waals surface area (Å²) < 4.78 is 0. The minimum absolute atomic E-state index is 0.368. The molecule has 1 N–H and O–H groups in total. The van der Waals surface area contributed by atoms with E-state index in [4.69, 9.17) is 0 Å². The van der Waals surface area contributed by atoms with Crippen molar-refractivity contribution in [2.75, 3.05) is 13.6 Å². The van der Waals surface area contributed by atoms with Crippen molar-refractivity contribution in [3.05, 3.63) is 41.0 Å². The Labute approximate surface area is 127 Å². The summed E-state index contributed by atoms with van der Waals surface area (Å²) in [6.45, 7) is 1.21. The molecule has 1 fully saturated rings. The lowest BCUT2D eigenvalue weighted by Gasteiger charge is -2.49. The molecule has 1 aromatic rings. The highest BCUT2D eigenvalue weighted by atomic mass is 16.3. The number of fused-ring (bicyclic) bond motifs is 2. The number of hydrogen-bond acceptors (Lipinski definition) is 2. The highest BCUT2D eigenvalue weighted by Crippen LogP contribution is 2.50. The summed E-state index contributed by atoms with van der Waals surface area (Å²) >= 11 is 0. The van der Waals surface area contributed by atoms with Crippen LogP contribution in [0.5, 0.6) is 5.75 Å². The first-order chi connectivity index (χ1) is 10.2. The van der Waals surface area contributed by atoms with Crippen LogP contribution in [0.3, 0.4) is 0 Å². The Morgan fingerprint density at radius 3 is 2.43 bits per heavy atom. The highest BCUT2D eigenvalue weighted by Gasteiger charge is 2.41. The SMILES string of the molecule is CN1CCC2=C(C3CCC2CC3)C1Cc1ccc(O)cc1. The average Bonchev–Trinajstić information content (AvgIpc) is 2.53. The van der Waals surface area contributed by atoms with Gasteiger partial charge in [0.1, 0.15) is 5.75 Å². The zero-order valence-corrected chi connectivity index (χ0v) is 12.9. The molecule has 1 unspecified atom stereocenters. The van der Waals surface area contributed by atoms with Crippen molar-refractivity contribution in [1.82, 2.24) is 4.90 Å². The lowest BCUT2D eigenvalue weighted by Crippen LogP contribution is -2.46. The van der Waals surface area contributed by atoms with Crippen LogP contribution in [0.2, 0.25) is 0 Å². The number of phenolic OH excluding ortho intramolecular Hbond substituents is 1. The number of hydrogen-bond donors (Lipinski definition) is 1. The van der Waals surface area contributed by atoms with Gasteiger partial charge in [-0.15, -0.1) is 0 Å². The van der Waals surface area contributed by atoms with Crippen molar-refractivity contribution in [1.29, 1.82) is 0 Å². The summed E-state index contributed by atoms with van der Waals surface area (Å²) in [7, 11) is 2.29. The molecule has 1 atom stereocenters. The number of phenols is 1. The summed E-state index contributed by atoms with van der Waals surface area (Å²) in [6.07, 6.45) is 8.13. The first kappa shape index (κ1) is 13.4. The van der Waals surface area contributed by atoms with E-state index in [0.717, 1.165) is 18.3 Å². The molecule has 5 rings (SSSR count). The van der Waals surface area contributed by atoms with Crippen LogP contribution in [-0.4, -0.2) is 29.6 Å². The minimum Gasteiger partial charge on any atom is -0.508 e. The molecule has 1 saturated carbocycles. The van der Waals surface area contributed by atoms with Crippen molar-refractivity contribution >= 4 is 0 Å². The van der Waals surface area contributed by atoms with E-state index in [2.05, 4.69) is 24.1 Å². The summed E-state index contributed by atoms with van der Waals surface area (Å²) in [5, 5.41) is 9.47. The number of likely N-dealkylation sites (N-methyl/N-ethyl adjacent to an activating group) is 1. The van der Waals surface area contributed by atoms with E-state index in [0.29, 0.717) is 11.8 Å². The van der Waals surface area contributed by atoms with E-state index >= 15 is 0 Å². The Hall–Kier alpha value is -1.28. The summed E-state index contributed by atoms with van der Waals surface area (Å²) in [5.74, 6) is 2.13. The molecule has 112 valence electrons. The molecule has 0 radical (unpaired) electrons. The second kappa shape index (κ2) is 5.17. The van der Waals surface area contributed by atoms with Crippen LogP contribution in [0.1, 0.15) is 37.7 Å². The van der Waals surface area contributed by atoms with E-state index in [-0.39, 0.29) is 0 Å². The maximum absolute atomic E-state index is 9.47. The van der Waals surface area contributed by atoms with E-state index in [1.165, 1.54) is 44.2 Å². The van der Waals surface area contributed by atoms with Gasteiger partial charge in [-0.2, -0.15) is 0 Å². The zero-order valence-electron chi connectivity index (χ0n) is 12.9. The smallest absolute Gasteiger partial charge is 0.115 e. The average molecular weight is 283 g/mol. The van der Waals surface area contributed by atoms with Gasteiger partial charge in [0.05, 0.1) is 0 Å². The Bertz CT molecular complexity index is 551. The number of benzene rings is 1. The molecular weight excluding hydrogens is 258 g/mol. The molecule has 2 nitrogen and oxygen atoms in total. The molecule has 0 saturated heterocycles. The third kappa shape index (κ3) is 2.30. The molecule has 0 amide bonds. The summed E-state index contributed by atoms with van der Waals surface area (Å²) in [6, 6.07) is 8.39. The van der Waals surface area contributed by atoms with Gasteiger partial charge in [0.25, 0.3) is 0 Å². The van der Waals surface area contributed by atoms with Crippen molar-refractivity contribution in [3.63, 3.8) is 0 Å². The summed E-state index contributed by atoms with van der Waals surface area (Å²) in [4.78, 5) is 2.56. The van der Waals surface area contributed by atoms with Crippen LogP contribution in [0, 0.1) is 11.8 Å². The van der Waals surface area contributed by atoms with Gasteiger partial charge in [-0.3, -0.25) is 4.90 Å². The zero-order chi connectivity index (χ0) is 14.4. The van der Waals surface area contributed by atoms with Crippen LogP contribution in [0.4, 0.5) is 0 Å². The van der Waals surface area contributed by atoms with E-state index in [1.807, 2.05) is 17.7 Å². The molecule has 21 heavy (non-hydrogen) atoms. The predicted octanol–water partition coefficient (Wildman–Crippen LogP) is 3.76. The number of aromatic hydroxyl groups is 1. The first-order valence-electron chi connectivity index (χ1n) is 8.43. The Morgan fingerprint density at radius 1 is 1.05 bits per heavy atom. The maximum atomic E-state index is 9.47. The molecular formula is C19H25NO. The lowest BCUT2D eigenvalue weighted by molar-refractivity contribution is 0.179. The highest BCUT2D eigenvalue weighted by molar-refractivity contribution is 5.35. The van der Waals surface area contributed by atoms with Gasteiger partial charge in [-0.25, -0.2) is 0 Å². The van der Waals surface area contributed by atoms with E-state index in [9.17, 15) is 5.11 Å². The standard InChI is InChI=1S/C19H25NO/c1-20-11-10-17-14-4-6-15(7-5-14)19(17)18(20)12-13-2-8-16(21)9-3-13/h2-3,8-9,14-15,18,21H,4-7,10-12H2,1H3. The largest absolute Gasteiger partial charge is 0.508 e. The molecule has 1 heterocycles. The predicted molar refractivity (Wildman–Crippen MR) is 85.3 cm³/mol. The van der Waals surface area contributed by atoms with Gasteiger partial charge in [-0.1, -0.05) is 23.3 Å². The van der Waals surface area contributed by atoms with Crippen LogP contribution in [-0.2, 0) is 6.42 Å². The van der Waals surface area contributed by atoms with Gasteiger partial charge in [0.2, 0.25) is 0 Å². The van der Waals surface area contributed by atoms with Crippen molar-refractivity contribution in [2.45, 2.75) is 44.6 Å². The molecule has 1 aliphatic heterocycles. The van der Waals surface area contributed by atoms with Crippen molar-refractivity contribution in [3.8, 4) is 5.75 Å². The number of nitrogens with zero attached hydrogens (tertiary/aromatic N) is 1. The minimum atomic E-state index is 0.368. The normalized spacial score (nSPS) is 32.3. The fourth-order valence-electron chi connectivity index (χ4n) is 4.90. The Balaban J connectivity index is 1.65. The first-order valence-corrected chi connectivity index (χ1v) is 8.43. The van der Waals surface area contributed by atoms with Crippen LogP contribution >= 0.6 is 0 Å². The topological polar surface area (TPSA) is 23.5 Å². The van der Waals surface area contributed by atoms with E-state index in [1.54, 1.807) is 5.57 Å². The van der Waals surface area contributed by atoms with E-state index < -0.39 is 0 Å². The molecule has 4 aliphatic rings. The summed E-state index contributed by atoms with van der Waals surface area (Å²) in [5.41, 5.74) is 4.98. The quantitative estimate of drug-likeness (QED) is 0.836. The Kier molecular flexibility index (Phi) is 3.30. The molecule has 0 aromatic heterocycles. The van der Waals surface area contributed by atoms with Gasteiger partial charge in [0, 0.05) is 12.6 Å². The fraction of sp³-hybridized carbons (Fsp3) is 0.579. The molecule has 2 bridgehead atoms. The van der Waals surface area contributed by atoms with Crippen molar-refractivity contribution in [2.24, 2.45) is 11.8 Å². The second-order valence-electron chi connectivity index (χ2n) is 7.15. The van der Waals surface area contributed by atoms with Gasteiger partial charge in [-0.05, 0) is 75.1 Å². The monoisotopic (exact) mass is 283 g/mol. The Morgan fingerprint density at radius 2 is 1.71 bits per heavy atom. The van der Waals surface area contributed by atoms with Crippen LogP contribution in [0.15, 0.2) is 35.4 Å². The molecule has 0 spiro atoms. The van der Waals surface area contributed by atoms with Crippen LogP contribution < -0.4 is 0 Å². The lowest BCUT2D eigenvalue weighted by atomic mass is 9.62. The third-order valence-corrected chi connectivity index (χ3v) is 6.02. The second-order valence-corrected chi connectivity index (χ2v) is 7.15. The molecule has 1 aromatic carbocycles. The molecule has 3 aliphatic carbocycles. The van der Waals surface area contributed by atoms with Gasteiger partial charge < -0.3 is 5.11 Å². The van der Waals surface area contributed by atoms with Crippen LogP contribution in [0.25, 0.3) is 0 Å². The third-order valence-electron chi connectivity index (χ3n) is 6.02. The van der Waals surface area contributed by atoms with Gasteiger partial charge in [0.15, 0.2) is 0 Å². The molecule has 2 heteroatoms. The maximum Gasteiger partial charge on any atom is 0.115 e. The fourth-order valence-corrected chi connectivity index (χ4v) is 4.90. The number of rotatable bonds is 2. The van der Waals surface area contributed by atoms with Crippen molar-refractivity contribution < 1.29 is 5.11 Å². The van der Waals surface area contributed by atoms with Gasteiger partial charge >= 0.3 is 0 Å².